The van der Waals surface area contributed by atoms with Crippen LogP contribution in [0.4, 0.5) is 4.39 Å². The summed E-state index contributed by atoms with van der Waals surface area (Å²) < 4.78 is 18.6. The first-order valence-electron chi connectivity index (χ1n) is 7.21. The van der Waals surface area contributed by atoms with E-state index in [1.807, 2.05) is 6.07 Å². The second-order valence-electron chi connectivity index (χ2n) is 5.31. The van der Waals surface area contributed by atoms with Crippen molar-refractivity contribution in [2.75, 3.05) is 13.7 Å². The summed E-state index contributed by atoms with van der Waals surface area (Å²) in [5, 5.41) is 3.37. The van der Waals surface area contributed by atoms with Crippen LogP contribution in [0.5, 0.6) is 5.75 Å². The Kier molecular flexibility index (Phi) is 5.33. The molecule has 0 spiro atoms. The summed E-state index contributed by atoms with van der Waals surface area (Å²) in [6.07, 6.45) is 3.63. The fourth-order valence-electron chi connectivity index (χ4n) is 2.12. The van der Waals surface area contributed by atoms with Gasteiger partial charge in [-0.15, -0.1) is 0 Å². The molecule has 0 unspecified atom stereocenters. The normalized spacial score (nSPS) is 11.1. The fourth-order valence-corrected chi connectivity index (χ4v) is 2.12. The number of H-pyrrole nitrogens is 1. The molecule has 2 N–H and O–H groups in total. The Labute approximate surface area is 124 Å². The zero-order chi connectivity index (χ0) is 15.2. The predicted molar refractivity (Wildman–Crippen MR) is 82.0 cm³/mol. The molecule has 1 aromatic heterocycles. The quantitative estimate of drug-likeness (QED) is 0.770. The number of methoxy groups -OCH3 is 1. The topological polar surface area (TPSA) is 49.9 Å². The summed E-state index contributed by atoms with van der Waals surface area (Å²) in [6, 6.07) is 5.40. The molecule has 0 aliphatic rings. The Morgan fingerprint density at radius 3 is 2.86 bits per heavy atom. The number of aryl methyl sites for hydroxylation is 1. The van der Waals surface area contributed by atoms with Crippen LogP contribution in [0, 0.1) is 5.82 Å². The van der Waals surface area contributed by atoms with Crippen LogP contribution in [-0.4, -0.2) is 29.7 Å². The lowest BCUT2D eigenvalue weighted by atomic mass is 10.1. The van der Waals surface area contributed by atoms with E-state index in [1.165, 1.54) is 13.2 Å². The van der Waals surface area contributed by atoms with Crippen molar-refractivity contribution >= 4 is 0 Å². The number of nitrogens with one attached hydrogen (secondary N) is 2. The highest BCUT2D eigenvalue weighted by Crippen LogP contribution is 2.24. The van der Waals surface area contributed by atoms with E-state index < -0.39 is 0 Å². The maximum atomic E-state index is 13.7. The lowest BCUT2D eigenvalue weighted by Gasteiger charge is -2.06. The molecule has 2 aromatic rings. The molecule has 0 atom stereocenters. The number of aromatic nitrogens is 2. The van der Waals surface area contributed by atoms with E-state index in [0.717, 1.165) is 36.5 Å². The summed E-state index contributed by atoms with van der Waals surface area (Å²) in [5.41, 5.74) is 1.59. The van der Waals surface area contributed by atoms with Crippen LogP contribution < -0.4 is 10.1 Å². The van der Waals surface area contributed by atoms with Gasteiger partial charge in [-0.05, 0) is 31.2 Å². The van der Waals surface area contributed by atoms with Gasteiger partial charge in [-0.25, -0.2) is 9.37 Å². The molecular formula is C16H22FN3O. The summed E-state index contributed by atoms with van der Waals surface area (Å²) in [5.74, 6) is 0.803. The first-order chi connectivity index (χ1) is 10.1. The summed E-state index contributed by atoms with van der Waals surface area (Å²) >= 11 is 0. The van der Waals surface area contributed by atoms with Gasteiger partial charge in [0.25, 0.3) is 0 Å². The van der Waals surface area contributed by atoms with E-state index in [-0.39, 0.29) is 11.6 Å². The number of nitrogens with zero attached hydrogens (tertiary/aromatic N) is 1. The van der Waals surface area contributed by atoms with Gasteiger partial charge in [0.2, 0.25) is 0 Å². The second kappa shape index (κ2) is 7.22. The Hall–Kier alpha value is -1.88. The van der Waals surface area contributed by atoms with Gasteiger partial charge in [-0.3, -0.25) is 0 Å². The number of rotatable bonds is 7. The lowest BCUT2D eigenvalue weighted by molar-refractivity contribution is 0.386. The monoisotopic (exact) mass is 291 g/mol. The minimum atomic E-state index is -0.368. The van der Waals surface area contributed by atoms with Crippen molar-refractivity contribution in [2.45, 2.75) is 32.7 Å². The lowest BCUT2D eigenvalue weighted by Crippen LogP contribution is -2.24. The van der Waals surface area contributed by atoms with E-state index in [4.69, 9.17) is 4.74 Å². The van der Waals surface area contributed by atoms with Crippen LogP contribution in [0.25, 0.3) is 11.3 Å². The van der Waals surface area contributed by atoms with Gasteiger partial charge >= 0.3 is 0 Å². The first kappa shape index (κ1) is 15.5. The molecule has 0 bridgehead atoms. The van der Waals surface area contributed by atoms with Crippen molar-refractivity contribution in [1.29, 1.82) is 0 Å². The van der Waals surface area contributed by atoms with Gasteiger partial charge in [-0.1, -0.05) is 13.8 Å². The van der Waals surface area contributed by atoms with Gasteiger partial charge in [-0.2, -0.15) is 0 Å². The van der Waals surface area contributed by atoms with Gasteiger partial charge < -0.3 is 15.0 Å². The molecule has 114 valence electrons. The summed E-state index contributed by atoms with van der Waals surface area (Å²) in [7, 11) is 1.46. The molecule has 0 amide bonds. The molecule has 0 aliphatic carbocycles. The summed E-state index contributed by atoms with van der Waals surface area (Å²) in [4.78, 5) is 7.58. The van der Waals surface area contributed by atoms with E-state index >= 15 is 0 Å². The molecule has 2 rings (SSSR count). The van der Waals surface area contributed by atoms with Gasteiger partial charge in [0, 0.05) is 18.0 Å². The minimum absolute atomic E-state index is 0.248. The van der Waals surface area contributed by atoms with Crippen LogP contribution in [0.3, 0.4) is 0 Å². The number of halogens is 1. The van der Waals surface area contributed by atoms with E-state index in [0.29, 0.717) is 6.04 Å². The summed E-state index contributed by atoms with van der Waals surface area (Å²) in [6.45, 7) is 5.22. The van der Waals surface area contributed by atoms with E-state index in [1.54, 1.807) is 12.3 Å². The molecule has 0 saturated carbocycles. The number of ether oxygens (including phenoxy) is 1. The second-order valence-corrected chi connectivity index (χ2v) is 5.31. The van der Waals surface area contributed by atoms with Crippen molar-refractivity contribution in [1.82, 2.24) is 15.3 Å². The third-order valence-corrected chi connectivity index (χ3v) is 3.23. The number of hydrogen-bond donors (Lipinski definition) is 2. The van der Waals surface area contributed by atoms with Crippen LogP contribution >= 0.6 is 0 Å². The Morgan fingerprint density at radius 1 is 1.38 bits per heavy atom. The molecule has 0 saturated heterocycles. The number of imidazole rings is 1. The zero-order valence-corrected chi connectivity index (χ0v) is 12.7. The highest BCUT2D eigenvalue weighted by atomic mass is 19.1. The number of benzene rings is 1. The first-order valence-corrected chi connectivity index (χ1v) is 7.21. The molecule has 0 radical (unpaired) electrons. The molecule has 0 aliphatic heterocycles. The Morgan fingerprint density at radius 2 is 2.19 bits per heavy atom. The van der Waals surface area contributed by atoms with Crippen molar-refractivity contribution < 1.29 is 9.13 Å². The van der Waals surface area contributed by atoms with Crippen molar-refractivity contribution in [3.8, 4) is 17.0 Å². The van der Waals surface area contributed by atoms with Gasteiger partial charge in [0.15, 0.2) is 11.6 Å². The maximum Gasteiger partial charge on any atom is 0.165 e. The van der Waals surface area contributed by atoms with Gasteiger partial charge in [0.05, 0.1) is 19.0 Å². The van der Waals surface area contributed by atoms with Crippen LogP contribution in [0.15, 0.2) is 24.4 Å². The smallest absolute Gasteiger partial charge is 0.165 e. The molecular weight excluding hydrogens is 269 g/mol. The minimum Gasteiger partial charge on any atom is -0.494 e. The van der Waals surface area contributed by atoms with Crippen LogP contribution in [0.1, 0.15) is 26.1 Å². The Balaban J connectivity index is 1.97. The Bertz CT molecular complexity index is 581. The third kappa shape index (κ3) is 4.29. The average molecular weight is 291 g/mol. The SMILES string of the molecule is COc1ccc(-c2cnc(CCCNC(C)C)[nH]2)cc1F. The molecule has 4 nitrogen and oxygen atoms in total. The van der Waals surface area contributed by atoms with Gasteiger partial charge in [0.1, 0.15) is 5.82 Å². The average Bonchev–Trinajstić information content (AvgIpc) is 2.92. The van der Waals surface area contributed by atoms with Crippen molar-refractivity contribution in [3.63, 3.8) is 0 Å². The highest BCUT2D eigenvalue weighted by molar-refractivity contribution is 5.59. The highest BCUT2D eigenvalue weighted by Gasteiger charge is 2.08. The molecule has 21 heavy (non-hydrogen) atoms. The number of aromatic amines is 1. The largest absolute Gasteiger partial charge is 0.494 e. The van der Waals surface area contributed by atoms with Crippen molar-refractivity contribution in [3.05, 3.63) is 36.0 Å². The standard InChI is InChI=1S/C16H22FN3O/c1-11(2)18-8-4-5-16-19-10-14(20-16)12-6-7-15(21-3)13(17)9-12/h6-7,9-11,18H,4-5,8H2,1-3H3,(H,19,20). The third-order valence-electron chi connectivity index (χ3n) is 3.23. The van der Waals surface area contributed by atoms with E-state index in [9.17, 15) is 4.39 Å². The molecule has 1 heterocycles. The van der Waals surface area contributed by atoms with Crippen LogP contribution in [-0.2, 0) is 6.42 Å². The molecule has 0 fully saturated rings. The zero-order valence-electron chi connectivity index (χ0n) is 12.7. The molecule has 5 heteroatoms. The van der Waals surface area contributed by atoms with Crippen LogP contribution in [0.2, 0.25) is 0 Å². The van der Waals surface area contributed by atoms with Crippen molar-refractivity contribution in [2.24, 2.45) is 0 Å². The molecule has 1 aromatic carbocycles. The van der Waals surface area contributed by atoms with E-state index in [2.05, 4.69) is 29.1 Å². The maximum absolute atomic E-state index is 13.7. The predicted octanol–water partition coefficient (Wildman–Crippen LogP) is 3.16. The fraction of sp³-hybridized carbons (Fsp3) is 0.438. The number of hydrogen-bond acceptors (Lipinski definition) is 3.